The number of carbonyl (C=O) groups excluding carboxylic acids is 1. The number of hydrogen-bond donors (Lipinski definition) is 1. The number of amides is 2. The molecule has 0 bridgehead atoms. The van der Waals surface area contributed by atoms with Crippen LogP contribution in [0.2, 0.25) is 0 Å². The average molecular weight is 338 g/mol. The first-order valence-corrected chi connectivity index (χ1v) is 8.05. The van der Waals surface area contributed by atoms with E-state index in [9.17, 15) is 13.6 Å². The van der Waals surface area contributed by atoms with Gasteiger partial charge in [-0.1, -0.05) is 12.8 Å². The van der Waals surface area contributed by atoms with Gasteiger partial charge in [-0.2, -0.15) is 5.10 Å². The molecule has 1 fully saturated rings. The van der Waals surface area contributed by atoms with Gasteiger partial charge < -0.3 is 14.6 Å². The molecule has 0 aliphatic carbocycles. The Balaban J connectivity index is 1.70. The number of anilines is 1. The Hall–Kier alpha value is -2.38. The third-order valence-corrected chi connectivity index (χ3v) is 4.09. The monoisotopic (exact) mass is 338 g/mol. The molecular formula is C16H20F2N4O2. The summed E-state index contributed by atoms with van der Waals surface area (Å²) in [4.78, 5) is 14.4. The van der Waals surface area contributed by atoms with Gasteiger partial charge in [0.2, 0.25) is 0 Å². The molecule has 2 amide bonds. The molecule has 3 heterocycles. The zero-order chi connectivity index (χ0) is 16.9. The van der Waals surface area contributed by atoms with E-state index in [-0.39, 0.29) is 12.1 Å². The quantitative estimate of drug-likeness (QED) is 0.920. The number of furan rings is 1. The SMILES string of the molecule is O=C(Nc1cnn(CC(F)F)c1)N1CCCCC[C@H]1c1ccco1. The zero-order valence-corrected chi connectivity index (χ0v) is 13.2. The average Bonchev–Trinajstić information content (AvgIpc) is 3.14. The summed E-state index contributed by atoms with van der Waals surface area (Å²) in [5, 5.41) is 6.57. The van der Waals surface area contributed by atoms with E-state index >= 15 is 0 Å². The van der Waals surface area contributed by atoms with Crippen LogP contribution in [0.1, 0.15) is 37.5 Å². The maximum Gasteiger partial charge on any atom is 0.322 e. The van der Waals surface area contributed by atoms with Gasteiger partial charge in [0.15, 0.2) is 0 Å². The fraction of sp³-hybridized carbons (Fsp3) is 0.500. The zero-order valence-electron chi connectivity index (χ0n) is 13.2. The normalized spacial score (nSPS) is 18.6. The van der Waals surface area contributed by atoms with Crippen molar-refractivity contribution in [1.29, 1.82) is 0 Å². The van der Waals surface area contributed by atoms with Crippen LogP contribution in [0.3, 0.4) is 0 Å². The van der Waals surface area contributed by atoms with Gasteiger partial charge in [0.1, 0.15) is 12.3 Å². The highest BCUT2D eigenvalue weighted by molar-refractivity contribution is 5.89. The van der Waals surface area contributed by atoms with Crippen molar-refractivity contribution in [1.82, 2.24) is 14.7 Å². The fourth-order valence-corrected chi connectivity index (χ4v) is 2.99. The fourth-order valence-electron chi connectivity index (χ4n) is 2.99. The van der Waals surface area contributed by atoms with Crippen molar-refractivity contribution in [3.8, 4) is 0 Å². The van der Waals surface area contributed by atoms with Gasteiger partial charge in [0.05, 0.1) is 24.2 Å². The van der Waals surface area contributed by atoms with Crippen molar-refractivity contribution in [3.05, 3.63) is 36.5 Å². The molecule has 1 aliphatic heterocycles. The molecule has 24 heavy (non-hydrogen) atoms. The van der Waals surface area contributed by atoms with Gasteiger partial charge in [-0.3, -0.25) is 4.68 Å². The van der Waals surface area contributed by atoms with Gasteiger partial charge in [-0.25, -0.2) is 13.6 Å². The first-order chi connectivity index (χ1) is 11.6. The topological polar surface area (TPSA) is 63.3 Å². The Bertz CT molecular complexity index is 657. The second-order valence-corrected chi connectivity index (χ2v) is 5.85. The summed E-state index contributed by atoms with van der Waals surface area (Å²) in [5.74, 6) is 0.764. The molecule has 1 aliphatic rings. The third-order valence-electron chi connectivity index (χ3n) is 4.09. The number of hydrogen-bond acceptors (Lipinski definition) is 3. The van der Waals surface area contributed by atoms with Crippen LogP contribution in [-0.2, 0) is 6.54 Å². The van der Waals surface area contributed by atoms with Crippen LogP contribution in [0, 0.1) is 0 Å². The van der Waals surface area contributed by atoms with Gasteiger partial charge in [0.25, 0.3) is 6.43 Å². The van der Waals surface area contributed by atoms with Gasteiger partial charge in [-0.05, 0) is 25.0 Å². The summed E-state index contributed by atoms with van der Waals surface area (Å²) in [5.41, 5.74) is 0.406. The van der Waals surface area contributed by atoms with E-state index in [4.69, 9.17) is 4.42 Å². The molecule has 8 heteroatoms. The van der Waals surface area contributed by atoms with E-state index < -0.39 is 13.0 Å². The highest BCUT2D eigenvalue weighted by Gasteiger charge is 2.28. The van der Waals surface area contributed by atoms with E-state index in [2.05, 4.69) is 10.4 Å². The number of carbonyl (C=O) groups is 1. The summed E-state index contributed by atoms with van der Waals surface area (Å²) in [6, 6.07) is 3.30. The summed E-state index contributed by atoms with van der Waals surface area (Å²) in [7, 11) is 0. The maximum absolute atomic E-state index is 12.6. The molecule has 2 aromatic heterocycles. The van der Waals surface area contributed by atoms with Crippen molar-refractivity contribution < 1.29 is 18.0 Å². The van der Waals surface area contributed by atoms with E-state index in [0.29, 0.717) is 12.2 Å². The number of aromatic nitrogens is 2. The molecule has 6 nitrogen and oxygen atoms in total. The Labute approximate surface area is 138 Å². The lowest BCUT2D eigenvalue weighted by Gasteiger charge is -2.28. The lowest BCUT2D eigenvalue weighted by Crippen LogP contribution is -2.37. The van der Waals surface area contributed by atoms with Crippen molar-refractivity contribution in [2.45, 2.75) is 44.7 Å². The highest BCUT2D eigenvalue weighted by Crippen LogP contribution is 2.30. The molecule has 0 radical (unpaired) electrons. The highest BCUT2D eigenvalue weighted by atomic mass is 19.3. The number of nitrogens with one attached hydrogen (secondary N) is 1. The van der Waals surface area contributed by atoms with Crippen molar-refractivity contribution in [3.63, 3.8) is 0 Å². The van der Waals surface area contributed by atoms with E-state index in [0.717, 1.165) is 36.1 Å². The lowest BCUT2D eigenvalue weighted by molar-refractivity contribution is 0.122. The number of alkyl halides is 2. The van der Waals surface area contributed by atoms with Crippen LogP contribution >= 0.6 is 0 Å². The Morgan fingerprint density at radius 2 is 2.29 bits per heavy atom. The number of halogens is 2. The first kappa shape index (κ1) is 16.5. The minimum Gasteiger partial charge on any atom is -0.467 e. The first-order valence-electron chi connectivity index (χ1n) is 8.05. The number of nitrogens with zero attached hydrogens (tertiary/aromatic N) is 3. The predicted octanol–water partition coefficient (Wildman–Crippen LogP) is 3.89. The smallest absolute Gasteiger partial charge is 0.322 e. The molecule has 0 spiro atoms. The van der Waals surface area contributed by atoms with Gasteiger partial charge >= 0.3 is 6.03 Å². The van der Waals surface area contributed by atoms with Gasteiger partial charge in [0, 0.05) is 12.7 Å². The molecule has 3 rings (SSSR count). The molecule has 0 unspecified atom stereocenters. The molecular weight excluding hydrogens is 318 g/mol. The molecule has 1 N–H and O–H groups in total. The van der Waals surface area contributed by atoms with E-state index in [1.165, 1.54) is 12.4 Å². The van der Waals surface area contributed by atoms with E-state index in [1.807, 2.05) is 12.1 Å². The summed E-state index contributed by atoms with van der Waals surface area (Å²) < 4.78 is 31.3. The van der Waals surface area contributed by atoms with Crippen molar-refractivity contribution in [2.75, 3.05) is 11.9 Å². The number of likely N-dealkylation sites (tertiary alicyclic amines) is 1. The minimum atomic E-state index is -2.48. The second kappa shape index (κ2) is 7.46. The summed E-state index contributed by atoms with van der Waals surface area (Å²) in [6.07, 6.45) is 5.76. The maximum atomic E-state index is 12.6. The number of urea groups is 1. The van der Waals surface area contributed by atoms with Crippen LogP contribution in [-0.4, -0.2) is 33.7 Å². The molecule has 2 aromatic rings. The molecule has 0 saturated carbocycles. The van der Waals surface area contributed by atoms with E-state index in [1.54, 1.807) is 11.2 Å². The Kier molecular flexibility index (Phi) is 5.12. The predicted molar refractivity (Wildman–Crippen MR) is 83.9 cm³/mol. The summed E-state index contributed by atoms with van der Waals surface area (Å²) >= 11 is 0. The summed E-state index contributed by atoms with van der Waals surface area (Å²) in [6.45, 7) is 0.136. The molecule has 130 valence electrons. The third kappa shape index (κ3) is 3.93. The van der Waals surface area contributed by atoms with Crippen LogP contribution in [0.5, 0.6) is 0 Å². The Morgan fingerprint density at radius 3 is 3.04 bits per heavy atom. The lowest BCUT2D eigenvalue weighted by atomic mass is 10.1. The van der Waals surface area contributed by atoms with Gasteiger partial charge in [-0.15, -0.1) is 0 Å². The minimum absolute atomic E-state index is 0.112. The largest absolute Gasteiger partial charge is 0.467 e. The number of rotatable bonds is 4. The van der Waals surface area contributed by atoms with Crippen molar-refractivity contribution >= 4 is 11.7 Å². The Morgan fingerprint density at radius 1 is 1.42 bits per heavy atom. The second-order valence-electron chi connectivity index (χ2n) is 5.85. The van der Waals surface area contributed by atoms with Crippen LogP contribution in [0.15, 0.2) is 35.2 Å². The van der Waals surface area contributed by atoms with Crippen LogP contribution in [0.4, 0.5) is 19.3 Å². The standard InChI is InChI=1S/C16H20F2N4O2/c17-15(18)11-21-10-12(9-19-21)20-16(23)22-7-3-1-2-5-13(22)14-6-4-8-24-14/h4,6,8-10,13,15H,1-3,5,7,11H2,(H,20,23)/t13-/m0/s1. The van der Waals surface area contributed by atoms with Crippen LogP contribution < -0.4 is 5.32 Å². The van der Waals surface area contributed by atoms with Crippen LogP contribution in [0.25, 0.3) is 0 Å². The molecule has 1 saturated heterocycles. The van der Waals surface area contributed by atoms with Crippen molar-refractivity contribution in [2.24, 2.45) is 0 Å². The molecule has 1 atom stereocenters. The molecule has 0 aromatic carbocycles.